The highest BCUT2D eigenvalue weighted by Crippen LogP contribution is 2.43. The van der Waals surface area contributed by atoms with E-state index in [-0.39, 0.29) is 11.2 Å². The Morgan fingerprint density at radius 1 is 1.44 bits per heavy atom. The van der Waals surface area contributed by atoms with Crippen LogP contribution in [0.2, 0.25) is 0 Å². The van der Waals surface area contributed by atoms with Crippen LogP contribution in [0.25, 0.3) is 0 Å². The predicted molar refractivity (Wildman–Crippen MR) is 69.3 cm³/mol. The second-order valence-corrected chi connectivity index (χ2v) is 5.85. The monoisotopic (exact) mass is 220 g/mol. The largest absolute Gasteiger partial charge is 0.289 e. The molecule has 1 unspecified atom stereocenters. The topological polar surface area (TPSA) is 17.1 Å². The predicted octanol–water partition coefficient (Wildman–Crippen LogP) is 4.29. The number of allylic oxidation sites excluding steroid dienone is 4. The molecule has 1 aliphatic carbocycles. The molecule has 16 heavy (non-hydrogen) atoms. The van der Waals surface area contributed by atoms with Crippen molar-refractivity contribution in [1.82, 2.24) is 0 Å². The highest BCUT2D eigenvalue weighted by Gasteiger charge is 2.35. The number of Topliss-reactive ketones (excluding diaryl/α,β-unsaturated/α-hetero) is 1. The molecular weight excluding hydrogens is 196 g/mol. The van der Waals surface area contributed by atoms with Gasteiger partial charge in [-0.1, -0.05) is 32.4 Å². The van der Waals surface area contributed by atoms with Gasteiger partial charge >= 0.3 is 0 Å². The molecule has 90 valence electrons. The third-order valence-electron chi connectivity index (χ3n) is 3.64. The van der Waals surface area contributed by atoms with Gasteiger partial charge in [0.2, 0.25) is 0 Å². The molecule has 0 saturated heterocycles. The summed E-state index contributed by atoms with van der Waals surface area (Å²) in [5, 5.41) is 0. The Kier molecular flexibility index (Phi) is 3.77. The number of ketones is 1. The fourth-order valence-corrected chi connectivity index (χ4v) is 3.08. The van der Waals surface area contributed by atoms with Gasteiger partial charge in [0.25, 0.3) is 0 Å². The molecule has 0 aromatic carbocycles. The van der Waals surface area contributed by atoms with E-state index in [9.17, 15) is 4.79 Å². The van der Waals surface area contributed by atoms with Gasteiger partial charge in [-0.05, 0) is 50.5 Å². The van der Waals surface area contributed by atoms with Crippen molar-refractivity contribution in [3.05, 3.63) is 22.8 Å². The highest BCUT2D eigenvalue weighted by atomic mass is 16.1. The molecule has 0 saturated carbocycles. The van der Waals surface area contributed by atoms with E-state index >= 15 is 0 Å². The third-order valence-corrected chi connectivity index (χ3v) is 3.64. The van der Waals surface area contributed by atoms with Gasteiger partial charge < -0.3 is 0 Å². The molecule has 0 aromatic heterocycles. The van der Waals surface area contributed by atoms with E-state index in [2.05, 4.69) is 27.7 Å². The lowest BCUT2D eigenvalue weighted by Gasteiger charge is -2.37. The molecule has 0 N–H and O–H groups in total. The van der Waals surface area contributed by atoms with E-state index in [1.807, 2.05) is 19.9 Å². The van der Waals surface area contributed by atoms with Crippen molar-refractivity contribution in [2.24, 2.45) is 11.3 Å². The van der Waals surface area contributed by atoms with E-state index < -0.39 is 0 Å². The van der Waals surface area contributed by atoms with Crippen molar-refractivity contribution >= 4 is 5.78 Å². The van der Waals surface area contributed by atoms with Crippen LogP contribution in [0.1, 0.15) is 54.4 Å². The minimum Gasteiger partial charge on any atom is -0.289 e. The molecule has 1 nitrogen and oxygen atoms in total. The number of hydrogen-bond donors (Lipinski definition) is 0. The lowest BCUT2D eigenvalue weighted by atomic mass is 9.67. The first-order chi connectivity index (χ1) is 7.29. The summed E-state index contributed by atoms with van der Waals surface area (Å²) in [6.45, 7) is 12.6. The second kappa shape index (κ2) is 4.57. The van der Waals surface area contributed by atoms with Gasteiger partial charge in [0, 0.05) is 5.57 Å². The first-order valence-corrected chi connectivity index (χ1v) is 6.17. The average molecular weight is 220 g/mol. The summed E-state index contributed by atoms with van der Waals surface area (Å²) >= 11 is 0. The van der Waals surface area contributed by atoms with Crippen molar-refractivity contribution in [1.29, 1.82) is 0 Å². The summed E-state index contributed by atoms with van der Waals surface area (Å²) < 4.78 is 0. The van der Waals surface area contributed by atoms with Crippen molar-refractivity contribution in [2.75, 3.05) is 0 Å². The lowest BCUT2D eigenvalue weighted by Crippen LogP contribution is -2.29. The van der Waals surface area contributed by atoms with Crippen LogP contribution in [0.3, 0.4) is 0 Å². The molecule has 1 aliphatic rings. The van der Waals surface area contributed by atoms with Crippen LogP contribution in [0.15, 0.2) is 22.8 Å². The van der Waals surface area contributed by atoms with Crippen LogP contribution < -0.4 is 0 Å². The smallest absolute Gasteiger partial charge is 0.184 e. The van der Waals surface area contributed by atoms with E-state index in [0.717, 1.165) is 24.0 Å². The van der Waals surface area contributed by atoms with Gasteiger partial charge in [0.1, 0.15) is 0 Å². The SMILES string of the molecule is C/C=C(\C)C(=O)C1=C(C)CC(C)CC1(C)C. The Morgan fingerprint density at radius 3 is 2.44 bits per heavy atom. The van der Waals surface area contributed by atoms with Gasteiger partial charge in [-0.25, -0.2) is 0 Å². The summed E-state index contributed by atoms with van der Waals surface area (Å²) in [6.07, 6.45) is 4.10. The molecule has 0 spiro atoms. The van der Waals surface area contributed by atoms with E-state index in [0.29, 0.717) is 5.92 Å². The van der Waals surface area contributed by atoms with Crippen LogP contribution in [0, 0.1) is 11.3 Å². The van der Waals surface area contributed by atoms with Gasteiger partial charge in [0.15, 0.2) is 5.78 Å². The highest BCUT2D eigenvalue weighted by molar-refractivity contribution is 6.09. The molecular formula is C15H24O. The molecule has 0 amide bonds. The molecule has 1 rings (SSSR count). The molecule has 1 heteroatoms. The molecule has 0 aromatic rings. The quantitative estimate of drug-likeness (QED) is 0.634. The van der Waals surface area contributed by atoms with E-state index in [1.165, 1.54) is 5.57 Å². The summed E-state index contributed by atoms with van der Waals surface area (Å²) in [5.41, 5.74) is 3.25. The van der Waals surface area contributed by atoms with Crippen LogP contribution in [0.4, 0.5) is 0 Å². The maximum Gasteiger partial charge on any atom is 0.184 e. The number of rotatable bonds is 2. The second-order valence-electron chi connectivity index (χ2n) is 5.85. The minimum absolute atomic E-state index is 0.0309. The zero-order chi connectivity index (χ0) is 12.5. The zero-order valence-electron chi connectivity index (χ0n) is 11.5. The molecule has 0 heterocycles. The Balaban J connectivity index is 3.19. The zero-order valence-corrected chi connectivity index (χ0v) is 11.5. The van der Waals surface area contributed by atoms with Gasteiger partial charge in [-0.15, -0.1) is 0 Å². The van der Waals surface area contributed by atoms with Crippen molar-refractivity contribution in [3.8, 4) is 0 Å². The number of carbonyl (C=O) groups is 1. The summed E-state index contributed by atoms with van der Waals surface area (Å²) in [4.78, 5) is 12.3. The first-order valence-electron chi connectivity index (χ1n) is 6.17. The van der Waals surface area contributed by atoms with Crippen LogP contribution >= 0.6 is 0 Å². The Bertz CT molecular complexity index is 356. The van der Waals surface area contributed by atoms with Crippen LogP contribution in [-0.2, 0) is 4.79 Å². The van der Waals surface area contributed by atoms with E-state index in [1.54, 1.807) is 0 Å². The standard InChI is InChI=1S/C15H24O/c1-7-11(3)14(16)13-12(4)8-10(2)9-15(13,5)6/h7,10H,8-9H2,1-6H3/b11-7+. The van der Waals surface area contributed by atoms with Crippen molar-refractivity contribution in [2.45, 2.75) is 54.4 Å². The fraction of sp³-hybridized carbons (Fsp3) is 0.667. The first kappa shape index (κ1) is 13.2. The Labute approximate surface area is 99.6 Å². The average Bonchev–Trinajstić information content (AvgIpc) is 2.13. The summed E-state index contributed by atoms with van der Waals surface area (Å²) in [7, 11) is 0. The molecule has 0 fully saturated rings. The number of hydrogen-bond acceptors (Lipinski definition) is 1. The summed E-state index contributed by atoms with van der Waals surface area (Å²) in [6, 6.07) is 0. The van der Waals surface area contributed by atoms with E-state index in [4.69, 9.17) is 0 Å². The fourth-order valence-electron chi connectivity index (χ4n) is 3.08. The molecule has 0 bridgehead atoms. The minimum atomic E-state index is 0.0309. The van der Waals surface area contributed by atoms with Gasteiger partial charge in [-0.3, -0.25) is 4.79 Å². The molecule has 0 aliphatic heterocycles. The van der Waals surface area contributed by atoms with Crippen LogP contribution in [0.5, 0.6) is 0 Å². The van der Waals surface area contributed by atoms with Gasteiger partial charge in [-0.2, -0.15) is 0 Å². The normalized spacial score (nSPS) is 25.9. The Hall–Kier alpha value is -0.850. The van der Waals surface area contributed by atoms with Crippen molar-refractivity contribution in [3.63, 3.8) is 0 Å². The van der Waals surface area contributed by atoms with Crippen LogP contribution in [-0.4, -0.2) is 5.78 Å². The third kappa shape index (κ3) is 2.45. The van der Waals surface area contributed by atoms with Crippen molar-refractivity contribution < 1.29 is 4.79 Å². The Morgan fingerprint density at radius 2 is 2.00 bits per heavy atom. The lowest BCUT2D eigenvalue weighted by molar-refractivity contribution is -0.113. The molecule has 0 radical (unpaired) electrons. The number of carbonyl (C=O) groups excluding carboxylic acids is 1. The maximum atomic E-state index is 12.3. The maximum absolute atomic E-state index is 12.3. The summed E-state index contributed by atoms with van der Waals surface area (Å²) in [5.74, 6) is 0.939. The molecule has 1 atom stereocenters. The van der Waals surface area contributed by atoms with Gasteiger partial charge in [0.05, 0.1) is 0 Å².